The lowest BCUT2D eigenvalue weighted by atomic mass is 9.77. The summed E-state index contributed by atoms with van der Waals surface area (Å²) in [5.74, 6) is -0.945. The fraction of sp³-hybridized carbons (Fsp3) is 0.409. The van der Waals surface area contributed by atoms with Crippen molar-refractivity contribution in [1.82, 2.24) is 10.2 Å². The molecule has 1 amide bonds. The van der Waals surface area contributed by atoms with E-state index in [0.29, 0.717) is 26.8 Å². The molecule has 3 unspecified atom stereocenters. The van der Waals surface area contributed by atoms with Gasteiger partial charge in [0.25, 0.3) is 5.91 Å². The largest absolute Gasteiger partial charge is 0.483 e. The maximum Gasteiger partial charge on any atom is 0.337 e. The average molecular weight is 439 g/mol. The Bertz CT molecular complexity index is 1110. The van der Waals surface area contributed by atoms with Crippen LogP contribution in [0.5, 0.6) is 0 Å². The SMILES string of the molecule is COC(=O)c1ccc(C2C3=C(OC4CCCCC4C3=O)C(=O)N2c2nnc(C)s2)cc1. The number of hydrogen-bond acceptors (Lipinski definition) is 8. The summed E-state index contributed by atoms with van der Waals surface area (Å²) in [6.45, 7) is 1.81. The number of aryl methyl sites for hydroxylation is 1. The van der Waals surface area contributed by atoms with E-state index in [2.05, 4.69) is 10.2 Å². The Balaban J connectivity index is 1.62. The van der Waals surface area contributed by atoms with E-state index in [0.717, 1.165) is 25.7 Å². The summed E-state index contributed by atoms with van der Waals surface area (Å²) in [5, 5.41) is 9.34. The van der Waals surface area contributed by atoms with Crippen LogP contribution in [0.15, 0.2) is 35.6 Å². The monoisotopic (exact) mass is 439 g/mol. The minimum Gasteiger partial charge on any atom is -0.483 e. The summed E-state index contributed by atoms with van der Waals surface area (Å²) in [5.41, 5.74) is 1.47. The molecule has 1 saturated carbocycles. The van der Waals surface area contributed by atoms with Crippen molar-refractivity contribution in [3.8, 4) is 0 Å². The van der Waals surface area contributed by atoms with E-state index < -0.39 is 12.0 Å². The molecule has 3 aliphatic rings. The zero-order valence-corrected chi connectivity index (χ0v) is 18.0. The lowest BCUT2D eigenvalue weighted by molar-refractivity contribution is -0.131. The van der Waals surface area contributed by atoms with Gasteiger partial charge in [-0.15, -0.1) is 10.2 Å². The van der Waals surface area contributed by atoms with Crippen molar-refractivity contribution in [2.24, 2.45) is 5.92 Å². The third-order valence-electron chi connectivity index (χ3n) is 6.13. The Kier molecular flexibility index (Phi) is 4.85. The lowest BCUT2D eigenvalue weighted by Crippen LogP contribution is -2.39. The van der Waals surface area contributed by atoms with Crippen molar-refractivity contribution >= 4 is 34.1 Å². The van der Waals surface area contributed by atoms with Gasteiger partial charge in [0, 0.05) is 0 Å². The first-order valence-corrected chi connectivity index (χ1v) is 11.1. The number of benzene rings is 1. The van der Waals surface area contributed by atoms with Gasteiger partial charge in [0.15, 0.2) is 11.5 Å². The number of anilines is 1. The van der Waals surface area contributed by atoms with Gasteiger partial charge in [-0.1, -0.05) is 29.9 Å². The number of nitrogens with zero attached hydrogens (tertiary/aromatic N) is 3. The zero-order chi connectivity index (χ0) is 21.7. The van der Waals surface area contributed by atoms with Gasteiger partial charge in [0.05, 0.1) is 30.2 Å². The van der Waals surface area contributed by atoms with Gasteiger partial charge in [-0.3, -0.25) is 14.5 Å². The van der Waals surface area contributed by atoms with Gasteiger partial charge in [0.1, 0.15) is 11.1 Å². The highest BCUT2D eigenvalue weighted by Crippen LogP contribution is 2.48. The van der Waals surface area contributed by atoms with Gasteiger partial charge < -0.3 is 9.47 Å². The highest BCUT2D eigenvalue weighted by molar-refractivity contribution is 7.15. The summed E-state index contributed by atoms with van der Waals surface area (Å²) < 4.78 is 10.9. The molecule has 0 radical (unpaired) electrons. The van der Waals surface area contributed by atoms with Crippen molar-refractivity contribution in [3.05, 3.63) is 51.7 Å². The molecule has 8 nitrogen and oxygen atoms in total. The highest BCUT2D eigenvalue weighted by atomic mass is 32.1. The molecule has 3 heterocycles. The number of ketones is 1. The first-order valence-electron chi connectivity index (χ1n) is 10.3. The molecule has 0 N–H and O–H groups in total. The van der Waals surface area contributed by atoms with E-state index in [1.807, 2.05) is 6.92 Å². The predicted molar refractivity (Wildman–Crippen MR) is 112 cm³/mol. The number of Topliss-reactive ketones (excluding diaryl/α,β-unsaturated/α-hetero) is 1. The molecule has 160 valence electrons. The molecule has 1 aromatic carbocycles. The number of esters is 1. The van der Waals surface area contributed by atoms with Crippen molar-refractivity contribution in [2.75, 3.05) is 12.0 Å². The smallest absolute Gasteiger partial charge is 0.337 e. The summed E-state index contributed by atoms with van der Waals surface area (Å²) >= 11 is 1.29. The molecule has 0 saturated heterocycles. The van der Waals surface area contributed by atoms with Crippen LogP contribution in [-0.4, -0.2) is 41.1 Å². The van der Waals surface area contributed by atoms with E-state index in [1.165, 1.54) is 23.3 Å². The Morgan fingerprint density at radius 2 is 1.90 bits per heavy atom. The quantitative estimate of drug-likeness (QED) is 0.678. The molecule has 31 heavy (non-hydrogen) atoms. The highest BCUT2D eigenvalue weighted by Gasteiger charge is 2.53. The van der Waals surface area contributed by atoms with Crippen molar-refractivity contribution in [3.63, 3.8) is 0 Å². The van der Waals surface area contributed by atoms with Gasteiger partial charge >= 0.3 is 5.97 Å². The molecule has 9 heteroatoms. The Morgan fingerprint density at radius 1 is 1.16 bits per heavy atom. The second-order valence-corrected chi connectivity index (χ2v) is 9.11. The number of carbonyl (C=O) groups is 3. The average Bonchev–Trinajstić information content (AvgIpc) is 3.34. The van der Waals surface area contributed by atoms with Gasteiger partial charge in [-0.2, -0.15) is 0 Å². The molecule has 1 aliphatic carbocycles. The minimum atomic E-state index is -0.670. The van der Waals surface area contributed by atoms with Crippen LogP contribution in [0.4, 0.5) is 5.13 Å². The molecule has 1 aromatic heterocycles. The molecule has 3 atom stereocenters. The van der Waals surface area contributed by atoms with E-state index in [4.69, 9.17) is 9.47 Å². The number of rotatable bonds is 3. The first kappa shape index (κ1) is 19.9. The topological polar surface area (TPSA) is 98.7 Å². The molecular formula is C22H21N3O5S. The predicted octanol–water partition coefficient (Wildman–Crippen LogP) is 3.13. The summed E-state index contributed by atoms with van der Waals surface area (Å²) in [4.78, 5) is 40.3. The fourth-order valence-electron chi connectivity index (χ4n) is 4.66. The maximum absolute atomic E-state index is 13.6. The second kappa shape index (κ2) is 7.56. The Hall–Kier alpha value is -3.07. The molecular weight excluding hydrogens is 418 g/mol. The van der Waals surface area contributed by atoms with Gasteiger partial charge in [-0.05, 0) is 43.9 Å². The molecule has 2 aromatic rings. The van der Waals surface area contributed by atoms with Crippen LogP contribution < -0.4 is 4.90 Å². The third kappa shape index (κ3) is 3.15. The van der Waals surface area contributed by atoms with E-state index in [1.54, 1.807) is 24.3 Å². The standard InChI is InChI=1S/C22H21N3O5S/c1-11-23-24-22(31-11)25-17(12-7-9-13(10-8-12)21(28)29-2)16-18(26)14-5-3-4-6-15(14)30-19(16)20(25)27/h7-10,14-15,17H,3-6H2,1-2H3. The third-order valence-corrected chi connectivity index (χ3v) is 6.97. The first-order chi connectivity index (χ1) is 15.0. The van der Waals surface area contributed by atoms with Crippen molar-refractivity contribution in [1.29, 1.82) is 0 Å². The zero-order valence-electron chi connectivity index (χ0n) is 17.2. The number of hydrogen-bond donors (Lipinski definition) is 0. The van der Waals surface area contributed by atoms with E-state index in [9.17, 15) is 14.4 Å². The summed E-state index contributed by atoms with van der Waals surface area (Å²) in [6.07, 6.45) is 3.26. The normalized spacial score (nSPS) is 25.2. The summed E-state index contributed by atoms with van der Waals surface area (Å²) in [7, 11) is 1.32. The second-order valence-electron chi connectivity index (χ2n) is 7.95. The molecule has 0 bridgehead atoms. The van der Waals surface area contributed by atoms with E-state index in [-0.39, 0.29) is 29.5 Å². The van der Waals surface area contributed by atoms with Crippen molar-refractivity contribution in [2.45, 2.75) is 44.8 Å². The molecule has 1 fully saturated rings. The number of methoxy groups -OCH3 is 1. The minimum absolute atomic E-state index is 0.0231. The maximum atomic E-state index is 13.6. The van der Waals surface area contributed by atoms with Gasteiger partial charge in [0.2, 0.25) is 5.13 Å². The number of aromatic nitrogens is 2. The van der Waals surface area contributed by atoms with Crippen molar-refractivity contribution < 1.29 is 23.9 Å². The Morgan fingerprint density at radius 3 is 2.58 bits per heavy atom. The molecule has 0 spiro atoms. The van der Waals surface area contributed by atoms with Crippen LogP contribution in [0.25, 0.3) is 0 Å². The molecule has 5 rings (SSSR count). The Labute approximate surface area is 182 Å². The van der Waals surface area contributed by atoms with Crippen LogP contribution in [0.1, 0.15) is 52.7 Å². The van der Waals surface area contributed by atoms with Crippen LogP contribution in [0.3, 0.4) is 0 Å². The lowest BCUT2D eigenvalue weighted by Gasteiger charge is -2.35. The number of ether oxygens (including phenoxy) is 2. The van der Waals surface area contributed by atoms with Crippen LogP contribution >= 0.6 is 11.3 Å². The fourth-order valence-corrected chi connectivity index (χ4v) is 5.37. The van der Waals surface area contributed by atoms with Crippen LogP contribution in [0, 0.1) is 12.8 Å². The van der Waals surface area contributed by atoms with Crippen LogP contribution in [-0.2, 0) is 19.1 Å². The summed E-state index contributed by atoms with van der Waals surface area (Å²) in [6, 6.07) is 6.07. The van der Waals surface area contributed by atoms with E-state index >= 15 is 0 Å². The van der Waals surface area contributed by atoms with Gasteiger partial charge in [-0.25, -0.2) is 4.79 Å². The number of fused-ring (bicyclic) bond motifs is 1. The van der Waals surface area contributed by atoms with Crippen LogP contribution in [0.2, 0.25) is 0 Å². The molecule has 2 aliphatic heterocycles. The number of carbonyl (C=O) groups excluding carboxylic acids is 3. The number of amides is 1.